The van der Waals surface area contributed by atoms with Crippen LogP contribution in [0.25, 0.3) is 0 Å². The number of rotatable bonds is 17. The number of ether oxygens (including phenoxy) is 6. The quantitative estimate of drug-likeness (QED) is 0.0699. The molecule has 7 N–H and O–H groups in total. The van der Waals surface area contributed by atoms with Crippen molar-refractivity contribution in [2.75, 3.05) is 26.4 Å². The smallest absolute Gasteiger partial charge is 0.306 e. The summed E-state index contributed by atoms with van der Waals surface area (Å²) in [4.78, 5) is 24.3. The van der Waals surface area contributed by atoms with Crippen molar-refractivity contribution in [3.8, 4) is 0 Å². The predicted molar refractivity (Wildman–Crippen MR) is 137 cm³/mol. The Labute approximate surface area is 238 Å². The van der Waals surface area contributed by atoms with Crippen molar-refractivity contribution < 1.29 is 73.8 Å². The van der Waals surface area contributed by atoms with Crippen LogP contribution in [0.3, 0.4) is 0 Å². The molecule has 0 aliphatic carbocycles. The van der Waals surface area contributed by atoms with Crippen LogP contribution in [0.1, 0.15) is 58.8 Å². The molecule has 0 aromatic heterocycles. The van der Waals surface area contributed by atoms with Crippen molar-refractivity contribution in [1.29, 1.82) is 0 Å². The lowest BCUT2D eigenvalue weighted by atomic mass is 9.98. The number of carbonyl (C=O) groups excluding carboxylic acids is 2. The van der Waals surface area contributed by atoms with Gasteiger partial charge in [0.05, 0.1) is 19.8 Å². The summed E-state index contributed by atoms with van der Waals surface area (Å²) in [6, 6.07) is 0. The van der Waals surface area contributed by atoms with Gasteiger partial charge in [-0.15, -0.1) is 0 Å². The second kappa shape index (κ2) is 18.2. The molecule has 2 saturated heterocycles. The molecule has 0 bridgehead atoms. The molecule has 0 spiro atoms. The molecule has 11 unspecified atom stereocenters. The molecule has 0 aromatic carbocycles. The number of hydrogen-bond donors (Lipinski definition) is 7. The summed E-state index contributed by atoms with van der Waals surface area (Å²) < 4.78 is 32.4. The highest BCUT2D eigenvalue weighted by Gasteiger charge is 2.47. The van der Waals surface area contributed by atoms with Crippen molar-refractivity contribution >= 4 is 11.9 Å². The minimum atomic E-state index is -1.75. The largest absolute Gasteiger partial charge is 0.462 e. The van der Waals surface area contributed by atoms with Crippen LogP contribution in [-0.4, -0.2) is 142 Å². The zero-order valence-corrected chi connectivity index (χ0v) is 23.5. The van der Waals surface area contributed by atoms with Gasteiger partial charge in [-0.05, 0) is 12.8 Å². The van der Waals surface area contributed by atoms with Crippen LogP contribution in [0.2, 0.25) is 0 Å². The van der Waals surface area contributed by atoms with E-state index in [1.807, 2.05) is 13.8 Å². The SMILES string of the molecule is CCCCCC(=O)OC(COC(=O)CCCC)COC1OC(COC2OC(CO)C(O)C(O)C2O)C(O)C(O)C1O. The third kappa shape index (κ3) is 10.9. The normalized spacial score (nSPS) is 34.7. The summed E-state index contributed by atoms with van der Waals surface area (Å²) in [6.07, 6.45) is -12.7. The Hall–Kier alpha value is -1.50. The molecule has 0 saturated carbocycles. The van der Waals surface area contributed by atoms with Gasteiger partial charge >= 0.3 is 11.9 Å². The molecule has 0 radical (unpaired) electrons. The molecule has 2 rings (SSSR count). The highest BCUT2D eigenvalue weighted by Crippen LogP contribution is 2.26. The topological polar surface area (TPSA) is 231 Å². The van der Waals surface area contributed by atoms with Crippen molar-refractivity contribution in [2.24, 2.45) is 0 Å². The first kappa shape index (κ1) is 35.7. The first-order valence-corrected chi connectivity index (χ1v) is 14.1. The molecular formula is C26H46O15. The van der Waals surface area contributed by atoms with E-state index in [1.54, 1.807) is 0 Å². The Morgan fingerprint density at radius 3 is 1.85 bits per heavy atom. The van der Waals surface area contributed by atoms with E-state index in [-0.39, 0.29) is 26.1 Å². The fraction of sp³-hybridized carbons (Fsp3) is 0.923. The molecule has 15 nitrogen and oxygen atoms in total. The summed E-state index contributed by atoms with van der Waals surface area (Å²) in [7, 11) is 0. The maximum Gasteiger partial charge on any atom is 0.306 e. The van der Waals surface area contributed by atoms with Gasteiger partial charge in [-0.25, -0.2) is 0 Å². The van der Waals surface area contributed by atoms with Gasteiger partial charge in [0.1, 0.15) is 55.4 Å². The zero-order chi connectivity index (χ0) is 30.5. The lowest BCUT2D eigenvalue weighted by Gasteiger charge is -2.42. The van der Waals surface area contributed by atoms with Crippen LogP contribution in [-0.2, 0) is 38.0 Å². The van der Waals surface area contributed by atoms with Crippen molar-refractivity contribution in [3.05, 3.63) is 0 Å². The van der Waals surface area contributed by atoms with Crippen LogP contribution in [0.4, 0.5) is 0 Å². The number of unbranched alkanes of at least 4 members (excludes halogenated alkanes) is 3. The molecular weight excluding hydrogens is 552 g/mol. The minimum Gasteiger partial charge on any atom is -0.462 e. The van der Waals surface area contributed by atoms with Gasteiger partial charge < -0.3 is 64.2 Å². The number of hydrogen-bond acceptors (Lipinski definition) is 15. The summed E-state index contributed by atoms with van der Waals surface area (Å²) >= 11 is 0. The van der Waals surface area contributed by atoms with Gasteiger partial charge in [0.15, 0.2) is 18.7 Å². The molecule has 2 aliphatic rings. The summed E-state index contributed by atoms with van der Waals surface area (Å²) in [5.74, 6) is -1.00. The predicted octanol–water partition coefficient (Wildman–Crippen LogP) is -2.15. The first-order chi connectivity index (χ1) is 19.5. The highest BCUT2D eigenvalue weighted by atomic mass is 16.7. The molecule has 240 valence electrons. The maximum atomic E-state index is 12.3. The summed E-state index contributed by atoms with van der Waals surface area (Å²) in [5, 5.41) is 70.5. The van der Waals surface area contributed by atoms with E-state index in [1.165, 1.54) is 0 Å². The Kier molecular flexibility index (Phi) is 15.9. The first-order valence-electron chi connectivity index (χ1n) is 14.1. The fourth-order valence-corrected chi connectivity index (χ4v) is 4.25. The molecule has 2 aliphatic heterocycles. The maximum absolute atomic E-state index is 12.3. The molecule has 11 atom stereocenters. The van der Waals surface area contributed by atoms with E-state index >= 15 is 0 Å². The zero-order valence-electron chi connectivity index (χ0n) is 23.5. The molecule has 0 aromatic rings. The Morgan fingerprint density at radius 2 is 1.24 bits per heavy atom. The fourth-order valence-electron chi connectivity index (χ4n) is 4.25. The van der Waals surface area contributed by atoms with Crippen LogP contribution in [0, 0.1) is 0 Å². The van der Waals surface area contributed by atoms with Crippen LogP contribution in [0.15, 0.2) is 0 Å². The van der Waals surface area contributed by atoms with Gasteiger partial charge in [-0.2, -0.15) is 0 Å². The van der Waals surface area contributed by atoms with E-state index in [0.29, 0.717) is 12.8 Å². The van der Waals surface area contributed by atoms with Crippen molar-refractivity contribution in [3.63, 3.8) is 0 Å². The standard InChI is InChI=1S/C26H46O15/c1-3-5-7-9-18(29)39-14(11-36-17(28)8-6-4-2)12-37-25-24(35)22(33)20(31)16(41-25)13-38-26-23(34)21(32)19(30)15(10-27)40-26/h14-16,19-27,30-35H,3-13H2,1-2H3. The van der Waals surface area contributed by atoms with E-state index in [4.69, 9.17) is 28.4 Å². The third-order valence-electron chi connectivity index (χ3n) is 6.84. The van der Waals surface area contributed by atoms with Crippen molar-refractivity contribution in [2.45, 2.75) is 126 Å². The Balaban J connectivity index is 1.99. The summed E-state index contributed by atoms with van der Waals surface area (Å²) in [5.41, 5.74) is 0. The molecule has 41 heavy (non-hydrogen) atoms. The number of aliphatic hydroxyl groups excluding tert-OH is 7. The number of carbonyl (C=O) groups is 2. The van der Waals surface area contributed by atoms with E-state index in [0.717, 1.165) is 19.3 Å². The molecule has 2 heterocycles. The number of esters is 2. The molecule has 0 amide bonds. The van der Waals surface area contributed by atoms with Gasteiger partial charge in [0.2, 0.25) is 0 Å². The Bertz CT molecular complexity index is 767. The van der Waals surface area contributed by atoms with Gasteiger partial charge in [0, 0.05) is 12.8 Å². The minimum absolute atomic E-state index is 0.152. The lowest BCUT2D eigenvalue weighted by Crippen LogP contribution is -2.61. The third-order valence-corrected chi connectivity index (χ3v) is 6.84. The van der Waals surface area contributed by atoms with Crippen LogP contribution < -0.4 is 0 Å². The van der Waals surface area contributed by atoms with Gasteiger partial charge in [-0.1, -0.05) is 33.1 Å². The monoisotopic (exact) mass is 598 g/mol. The highest BCUT2D eigenvalue weighted by molar-refractivity contribution is 5.70. The Morgan fingerprint density at radius 1 is 0.683 bits per heavy atom. The summed E-state index contributed by atoms with van der Waals surface area (Å²) in [6.45, 7) is 2.02. The van der Waals surface area contributed by atoms with Gasteiger partial charge in [0.25, 0.3) is 0 Å². The van der Waals surface area contributed by atoms with Crippen molar-refractivity contribution in [1.82, 2.24) is 0 Å². The van der Waals surface area contributed by atoms with E-state index in [9.17, 15) is 45.3 Å². The molecule has 2 fully saturated rings. The number of aliphatic hydroxyl groups is 7. The second-order valence-electron chi connectivity index (χ2n) is 10.2. The lowest BCUT2D eigenvalue weighted by molar-refractivity contribution is -0.332. The van der Waals surface area contributed by atoms with Crippen LogP contribution >= 0.6 is 0 Å². The van der Waals surface area contributed by atoms with E-state index in [2.05, 4.69) is 0 Å². The van der Waals surface area contributed by atoms with Crippen LogP contribution in [0.5, 0.6) is 0 Å². The average Bonchev–Trinajstić information content (AvgIpc) is 2.96. The van der Waals surface area contributed by atoms with E-state index < -0.39 is 92.7 Å². The molecule has 15 heteroatoms. The second-order valence-corrected chi connectivity index (χ2v) is 10.2. The van der Waals surface area contributed by atoms with Gasteiger partial charge in [-0.3, -0.25) is 9.59 Å². The average molecular weight is 599 g/mol.